The van der Waals surface area contributed by atoms with Crippen molar-refractivity contribution >= 4 is 5.71 Å². The monoisotopic (exact) mass is 205 g/mol. The van der Waals surface area contributed by atoms with Crippen molar-refractivity contribution in [2.45, 2.75) is 39.0 Å². The zero-order chi connectivity index (χ0) is 10.9. The molecule has 2 heteroatoms. The largest absolute Gasteiger partial charge is 0.411 e. The van der Waals surface area contributed by atoms with Gasteiger partial charge in [-0.1, -0.05) is 61.7 Å². The first-order valence-electron chi connectivity index (χ1n) is 5.64. The quantitative estimate of drug-likeness (QED) is 0.325. The molecule has 0 atom stereocenters. The molecule has 0 saturated heterocycles. The average Bonchev–Trinajstić information content (AvgIpc) is 2.30. The summed E-state index contributed by atoms with van der Waals surface area (Å²) in [6.07, 6.45) is 5.66. The van der Waals surface area contributed by atoms with E-state index < -0.39 is 0 Å². The lowest BCUT2D eigenvalue weighted by Crippen LogP contribution is -2.00. The molecule has 15 heavy (non-hydrogen) atoms. The van der Waals surface area contributed by atoms with E-state index in [0.717, 1.165) is 24.1 Å². The van der Waals surface area contributed by atoms with Crippen LogP contribution < -0.4 is 0 Å². The van der Waals surface area contributed by atoms with Crippen molar-refractivity contribution in [3.8, 4) is 0 Å². The number of hydrogen-bond donors (Lipinski definition) is 1. The van der Waals surface area contributed by atoms with E-state index in [-0.39, 0.29) is 0 Å². The third kappa shape index (κ3) is 4.15. The van der Waals surface area contributed by atoms with Crippen molar-refractivity contribution < 1.29 is 5.21 Å². The van der Waals surface area contributed by atoms with Gasteiger partial charge >= 0.3 is 0 Å². The molecule has 0 heterocycles. The Labute approximate surface area is 91.6 Å². The number of benzene rings is 1. The zero-order valence-electron chi connectivity index (χ0n) is 9.32. The molecule has 1 N–H and O–H groups in total. The van der Waals surface area contributed by atoms with Crippen molar-refractivity contribution in [3.05, 3.63) is 35.9 Å². The average molecular weight is 205 g/mol. The summed E-state index contributed by atoms with van der Waals surface area (Å²) in [4.78, 5) is 0. The second-order valence-corrected chi connectivity index (χ2v) is 3.72. The van der Waals surface area contributed by atoms with Gasteiger partial charge in [0.15, 0.2) is 0 Å². The van der Waals surface area contributed by atoms with E-state index in [1.54, 1.807) is 0 Å². The molecule has 1 rings (SSSR count). The lowest BCUT2D eigenvalue weighted by molar-refractivity contribution is 0.317. The first kappa shape index (κ1) is 11.8. The lowest BCUT2D eigenvalue weighted by Gasteiger charge is -2.03. The summed E-state index contributed by atoms with van der Waals surface area (Å²) in [6.45, 7) is 2.19. The number of nitrogens with zero attached hydrogens (tertiary/aromatic N) is 1. The summed E-state index contributed by atoms with van der Waals surface area (Å²) < 4.78 is 0. The highest BCUT2D eigenvalue weighted by Gasteiger charge is 2.02. The van der Waals surface area contributed by atoms with Gasteiger partial charge in [0.25, 0.3) is 0 Å². The molecule has 1 aromatic rings. The highest BCUT2D eigenvalue weighted by Crippen LogP contribution is 2.09. The Morgan fingerprint density at radius 3 is 2.47 bits per heavy atom. The smallest absolute Gasteiger partial charge is 0.0867 e. The van der Waals surface area contributed by atoms with Crippen molar-refractivity contribution in [1.29, 1.82) is 0 Å². The molecule has 0 aromatic heterocycles. The van der Waals surface area contributed by atoms with Gasteiger partial charge in [-0.3, -0.25) is 0 Å². The second-order valence-electron chi connectivity index (χ2n) is 3.72. The van der Waals surface area contributed by atoms with E-state index in [4.69, 9.17) is 5.21 Å². The van der Waals surface area contributed by atoms with Gasteiger partial charge in [0.05, 0.1) is 5.71 Å². The molecular formula is C13H19NO. The Hall–Kier alpha value is -1.31. The molecule has 0 radical (unpaired) electrons. The Morgan fingerprint density at radius 1 is 1.13 bits per heavy atom. The standard InChI is InChI=1S/C13H19NO/c1-2-3-4-8-11-13(14-15)12-9-6-5-7-10-12/h5-7,9-10,15H,2-4,8,11H2,1H3/b14-13-. The fourth-order valence-corrected chi connectivity index (χ4v) is 1.60. The summed E-state index contributed by atoms with van der Waals surface area (Å²) in [5, 5.41) is 12.3. The molecule has 0 bridgehead atoms. The Kier molecular flexibility index (Phi) is 5.52. The van der Waals surface area contributed by atoms with Crippen LogP contribution in [-0.4, -0.2) is 10.9 Å². The van der Waals surface area contributed by atoms with Crippen LogP contribution in [0.3, 0.4) is 0 Å². The zero-order valence-corrected chi connectivity index (χ0v) is 9.32. The van der Waals surface area contributed by atoms with Crippen molar-refractivity contribution in [1.82, 2.24) is 0 Å². The van der Waals surface area contributed by atoms with Crippen LogP contribution in [0.4, 0.5) is 0 Å². The fourth-order valence-electron chi connectivity index (χ4n) is 1.60. The lowest BCUT2D eigenvalue weighted by atomic mass is 10.0. The molecular weight excluding hydrogens is 186 g/mol. The molecule has 0 amide bonds. The van der Waals surface area contributed by atoms with E-state index >= 15 is 0 Å². The number of hydrogen-bond acceptors (Lipinski definition) is 2. The first-order chi connectivity index (χ1) is 7.38. The van der Waals surface area contributed by atoms with E-state index in [1.807, 2.05) is 30.3 Å². The number of oxime groups is 1. The Balaban J connectivity index is 2.44. The molecule has 82 valence electrons. The maximum atomic E-state index is 8.92. The van der Waals surface area contributed by atoms with Gasteiger partial charge < -0.3 is 5.21 Å². The molecule has 0 saturated carbocycles. The van der Waals surface area contributed by atoms with Crippen LogP contribution in [0.2, 0.25) is 0 Å². The molecule has 2 nitrogen and oxygen atoms in total. The van der Waals surface area contributed by atoms with Crippen molar-refractivity contribution in [2.24, 2.45) is 5.16 Å². The highest BCUT2D eigenvalue weighted by molar-refractivity contribution is 6.00. The van der Waals surface area contributed by atoms with Gasteiger partial charge in [0.2, 0.25) is 0 Å². The SMILES string of the molecule is CCCCCC/C(=N/O)c1ccccc1. The Morgan fingerprint density at radius 2 is 1.87 bits per heavy atom. The van der Waals surface area contributed by atoms with Crippen LogP contribution in [0, 0.1) is 0 Å². The van der Waals surface area contributed by atoms with Gasteiger partial charge in [-0.2, -0.15) is 0 Å². The van der Waals surface area contributed by atoms with Crippen molar-refractivity contribution in [3.63, 3.8) is 0 Å². The third-order valence-electron chi connectivity index (χ3n) is 2.49. The maximum Gasteiger partial charge on any atom is 0.0867 e. The number of rotatable bonds is 6. The van der Waals surface area contributed by atoms with Gasteiger partial charge in [0, 0.05) is 0 Å². The minimum Gasteiger partial charge on any atom is -0.411 e. The van der Waals surface area contributed by atoms with Gasteiger partial charge in [-0.05, 0) is 18.4 Å². The topological polar surface area (TPSA) is 32.6 Å². The van der Waals surface area contributed by atoms with Crippen LogP contribution in [0.1, 0.15) is 44.6 Å². The van der Waals surface area contributed by atoms with Crippen LogP contribution in [-0.2, 0) is 0 Å². The van der Waals surface area contributed by atoms with E-state index in [1.165, 1.54) is 19.3 Å². The van der Waals surface area contributed by atoms with Crippen LogP contribution in [0.15, 0.2) is 35.5 Å². The summed E-state index contributed by atoms with van der Waals surface area (Å²) in [5.41, 5.74) is 1.82. The Bertz CT molecular complexity index is 293. The van der Waals surface area contributed by atoms with Gasteiger partial charge in [0.1, 0.15) is 0 Å². The van der Waals surface area contributed by atoms with Crippen LogP contribution in [0.5, 0.6) is 0 Å². The maximum absolute atomic E-state index is 8.92. The third-order valence-corrected chi connectivity index (χ3v) is 2.49. The first-order valence-corrected chi connectivity index (χ1v) is 5.64. The summed E-state index contributed by atoms with van der Waals surface area (Å²) in [7, 11) is 0. The predicted molar refractivity (Wildman–Crippen MR) is 63.5 cm³/mol. The molecule has 1 aromatic carbocycles. The molecule has 0 fully saturated rings. The van der Waals surface area contributed by atoms with Crippen LogP contribution in [0.25, 0.3) is 0 Å². The second kappa shape index (κ2) is 7.04. The highest BCUT2D eigenvalue weighted by atomic mass is 16.4. The summed E-state index contributed by atoms with van der Waals surface area (Å²) in [6, 6.07) is 9.86. The van der Waals surface area contributed by atoms with E-state index in [2.05, 4.69) is 12.1 Å². The molecule has 0 aliphatic rings. The minimum absolute atomic E-state index is 0.798. The molecule has 0 unspecified atom stereocenters. The summed E-state index contributed by atoms with van der Waals surface area (Å²) >= 11 is 0. The molecule has 0 aliphatic heterocycles. The van der Waals surface area contributed by atoms with Gasteiger partial charge in [-0.25, -0.2) is 0 Å². The predicted octanol–water partition coefficient (Wildman–Crippen LogP) is 3.84. The molecule has 0 aliphatic carbocycles. The van der Waals surface area contributed by atoms with E-state index in [9.17, 15) is 0 Å². The molecule has 0 spiro atoms. The fraction of sp³-hybridized carbons (Fsp3) is 0.462. The normalized spacial score (nSPS) is 11.7. The van der Waals surface area contributed by atoms with Gasteiger partial charge in [-0.15, -0.1) is 0 Å². The van der Waals surface area contributed by atoms with Crippen LogP contribution >= 0.6 is 0 Å². The number of unbranched alkanes of at least 4 members (excludes halogenated alkanes) is 3. The summed E-state index contributed by atoms with van der Waals surface area (Å²) in [5.74, 6) is 0. The minimum atomic E-state index is 0.798. The van der Waals surface area contributed by atoms with E-state index in [0.29, 0.717) is 0 Å². The van der Waals surface area contributed by atoms with Crippen molar-refractivity contribution in [2.75, 3.05) is 0 Å².